The first-order chi connectivity index (χ1) is 15.8. The Morgan fingerprint density at radius 3 is 2.30 bits per heavy atom. The monoisotopic (exact) mass is 448 g/mol. The van der Waals surface area contributed by atoms with Gasteiger partial charge >= 0.3 is 0 Å². The number of anilines is 3. The highest BCUT2D eigenvalue weighted by atomic mass is 16.2. The molecule has 2 fully saturated rings. The maximum absolute atomic E-state index is 12.4. The summed E-state index contributed by atoms with van der Waals surface area (Å²) in [5.74, 6) is 0.571. The first-order valence-electron chi connectivity index (χ1n) is 12.0. The summed E-state index contributed by atoms with van der Waals surface area (Å²) in [4.78, 5) is 28.2. The fourth-order valence-electron chi connectivity index (χ4n) is 4.75. The molecule has 0 bridgehead atoms. The van der Waals surface area contributed by atoms with E-state index in [2.05, 4.69) is 66.6 Å². The summed E-state index contributed by atoms with van der Waals surface area (Å²) in [7, 11) is 1.74. The molecule has 2 aliphatic heterocycles. The van der Waals surface area contributed by atoms with Crippen LogP contribution in [-0.4, -0.2) is 43.4 Å². The van der Waals surface area contributed by atoms with Gasteiger partial charge < -0.3 is 20.4 Å². The van der Waals surface area contributed by atoms with Crippen molar-refractivity contribution in [3.63, 3.8) is 0 Å². The van der Waals surface area contributed by atoms with Gasteiger partial charge in [-0.05, 0) is 73.6 Å². The Bertz CT molecular complexity index is 1030. The molecular weight excluding hydrogens is 412 g/mol. The Labute approximate surface area is 197 Å². The minimum atomic E-state index is -0.246. The summed E-state index contributed by atoms with van der Waals surface area (Å²) in [6.07, 6.45) is 2.83. The van der Waals surface area contributed by atoms with Gasteiger partial charge in [0.25, 0.3) is 0 Å². The molecule has 2 N–H and O–H groups in total. The normalized spacial score (nSPS) is 19.2. The Hall–Kier alpha value is -3.02. The summed E-state index contributed by atoms with van der Waals surface area (Å²) in [5, 5.41) is 6.56. The largest absolute Gasteiger partial charge is 0.372 e. The zero-order valence-corrected chi connectivity index (χ0v) is 20.3. The van der Waals surface area contributed by atoms with Crippen LogP contribution in [0.4, 0.5) is 17.1 Å². The van der Waals surface area contributed by atoms with Crippen molar-refractivity contribution in [2.24, 2.45) is 11.8 Å². The Balaban J connectivity index is 1.35. The quantitative estimate of drug-likeness (QED) is 0.688. The van der Waals surface area contributed by atoms with Crippen LogP contribution in [0.5, 0.6) is 0 Å². The van der Waals surface area contributed by atoms with Gasteiger partial charge in [0, 0.05) is 56.7 Å². The number of aryl methyl sites for hydroxylation is 2. The second-order valence-corrected chi connectivity index (χ2v) is 9.84. The molecule has 6 heteroatoms. The lowest BCUT2D eigenvalue weighted by atomic mass is 9.98. The van der Waals surface area contributed by atoms with Gasteiger partial charge in [-0.3, -0.25) is 9.59 Å². The third-order valence-corrected chi connectivity index (χ3v) is 7.10. The van der Waals surface area contributed by atoms with Gasteiger partial charge in [-0.2, -0.15) is 0 Å². The molecule has 33 heavy (non-hydrogen) atoms. The SMILES string of the molecule is Cc1cc(CNC(=O)C2CC(=O)N(C)C2)ccc1Nc1ccc(N2CCC(C)CC2)cc1C. The topological polar surface area (TPSA) is 64.7 Å². The molecule has 0 aliphatic carbocycles. The van der Waals surface area contributed by atoms with Gasteiger partial charge in [0.05, 0.1) is 5.92 Å². The lowest BCUT2D eigenvalue weighted by molar-refractivity contribution is -0.128. The van der Waals surface area contributed by atoms with Crippen molar-refractivity contribution in [3.8, 4) is 0 Å². The molecule has 2 amide bonds. The predicted molar refractivity (Wildman–Crippen MR) is 134 cm³/mol. The standard InChI is InChI=1S/C27H36N4O2/c1-18-9-11-31(12-10-18)23-6-8-25(20(3)14-23)29-24-7-5-21(13-19(24)2)16-28-27(33)22-15-26(32)30(4)17-22/h5-8,13-14,18,22,29H,9-12,15-17H2,1-4H3,(H,28,33). The number of carbonyl (C=O) groups is 2. The molecule has 176 valence electrons. The smallest absolute Gasteiger partial charge is 0.225 e. The van der Waals surface area contributed by atoms with Crippen LogP contribution in [0, 0.1) is 25.7 Å². The molecule has 0 radical (unpaired) electrons. The summed E-state index contributed by atoms with van der Waals surface area (Å²) in [6, 6.07) is 12.9. The molecule has 2 heterocycles. The van der Waals surface area contributed by atoms with Crippen LogP contribution in [0.3, 0.4) is 0 Å². The van der Waals surface area contributed by atoms with Crippen LogP contribution in [-0.2, 0) is 16.1 Å². The molecule has 6 nitrogen and oxygen atoms in total. The first-order valence-corrected chi connectivity index (χ1v) is 12.0. The molecule has 0 aromatic heterocycles. The van der Waals surface area contributed by atoms with Gasteiger partial charge in [-0.1, -0.05) is 19.1 Å². The van der Waals surface area contributed by atoms with Gasteiger partial charge in [-0.25, -0.2) is 0 Å². The fraction of sp³-hybridized carbons (Fsp3) is 0.481. The van der Waals surface area contributed by atoms with Crippen molar-refractivity contribution in [1.82, 2.24) is 10.2 Å². The lowest BCUT2D eigenvalue weighted by Gasteiger charge is -2.32. The van der Waals surface area contributed by atoms with Crippen LogP contribution in [0.1, 0.15) is 42.9 Å². The summed E-state index contributed by atoms with van der Waals surface area (Å²) in [6.45, 7) is 9.82. The van der Waals surface area contributed by atoms with E-state index >= 15 is 0 Å². The molecule has 0 spiro atoms. The van der Waals surface area contributed by atoms with Crippen LogP contribution < -0.4 is 15.5 Å². The molecule has 2 aromatic rings. The number of hydrogen-bond acceptors (Lipinski definition) is 4. The van der Waals surface area contributed by atoms with Crippen molar-refractivity contribution in [2.75, 3.05) is 36.9 Å². The molecule has 2 aliphatic rings. The van der Waals surface area contributed by atoms with Gasteiger partial charge in [0.1, 0.15) is 0 Å². The zero-order chi connectivity index (χ0) is 23.5. The van der Waals surface area contributed by atoms with E-state index in [0.29, 0.717) is 19.5 Å². The number of hydrogen-bond donors (Lipinski definition) is 2. The van der Waals surface area contributed by atoms with Crippen molar-refractivity contribution in [3.05, 3.63) is 53.1 Å². The van der Waals surface area contributed by atoms with Crippen molar-refractivity contribution >= 4 is 28.9 Å². The molecule has 1 atom stereocenters. The van der Waals surface area contributed by atoms with Crippen molar-refractivity contribution in [2.45, 2.75) is 46.6 Å². The molecule has 2 saturated heterocycles. The number of nitrogens with one attached hydrogen (secondary N) is 2. The average Bonchev–Trinajstić information content (AvgIpc) is 3.14. The van der Waals surface area contributed by atoms with Gasteiger partial charge in [-0.15, -0.1) is 0 Å². The number of amides is 2. The van der Waals surface area contributed by atoms with Crippen LogP contribution in [0.2, 0.25) is 0 Å². The highest BCUT2D eigenvalue weighted by Crippen LogP contribution is 2.29. The van der Waals surface area contributed by atoms with E-state index in [1.54, 1.807) is 11.9 Å². The lowest BCUT2D eigenvalue weighted by Crippen LogP contribution is -2.32. The van der Waals surface area contributed by atoms with E-state index in [4.69, 9.17) is 0 Å². The summed E-state index contributed by atoms with van der Waals surface area (Å²) >= 11 is 0. The van der Waals surface area contributed by atoms with E-state index in [1.165, 1.54) is 24.1 Å². The average molecular weight is 449 g/mol. The predicted octanol–water partition coefficient (Wildman–Crippen LogP) is 4.38. The summed E-state index contributed by atoms with van der Waals surface area (Å²) in [5.41, 5.74) is 6.90. The first kappa shape index (κ1) is 23.1. The number of likely N-dealkylation sites (tertiary alicyclic amines) is 1. The maximum Gasteiger partial charge on any atom is 0.225 e. The third kappa shape index (κ3) is 5.49. The highest BCUT2D eigenvalue weighted by molar-refractivity contribution is 5.89. The molecular formula is C27H36N4O2. The minimum absolute atomic E-state index is 0.0373. The maximum atomic E-state index is 12.4. The number of rotatable bonds is 6. The Morgan fingerprint density at radius 1 is 1.03 bits per heavy atom. The molecule has 4 rings (SSSR count). The van der Waals surface area contributed by atoms with E-state index in [9.17, 15) is 9.59 Å². The second-order valence-electron chi connectivity index (χ2n) is 9.84. The summed E-state index contributed by atoms with van der Waals surface area (Å²) < 4.78 is 0. The van der Waals surface area contributed by atoms with Gasteiger partial charge in [0.2, 0.25) is 11.8 Å². The van der Waals surface area contributed by atoms with Crippen LogP contribution >= 0.6 is 0 Å². The zero-order valence-electron chi connectivity index (χ0n) is 20.3. The van der Waals surface area contributed by atoms with Crippen LogP contribution in [0.25, 0.3) is 0 Å². The van der Waals surface area contributed by atoms with E-state index in [0.717, 1.165) is 41.5 Å². The Morgan fingerprint density at radius 2 is 1.70 bits per heavy atom. The highest BCUT2D eigenvalue weighted by Gasteiger charge is 2.31. The second kappa shape index (κ2) is 9.86. The molecule has 1 unspecified atom stereocenters. The molecule has 0 saturated carbocycles. The van der Waals surface area contributed by atoms with E-state index < -0.39 is 0 Å². The number of benzene rings is 2. The Kier molecular flexibility index (Phi) is 6.91. The van der Waals surface area contributed by atoms with E-state index in [-0.39, 0.29) is 17.7 Å². The minimum Gasteiger partial charge on any atom is -0.372 e. The molecule has 2 aromatic carbocycles. The fourth-order valence-corrected chi connectivity index (χ4v) is 4.75. The van der Waals surface area contributed by atoms with Crippen molar-refractivity contribution in [1.29, 1.82) is 0 Å². The third-order valence-electron chi connectivity index (χ3n) is 7.10. The van der Waals surface area contributed by atoms with E-state index in [1.807, 2.05) is 6.07 Å². The number of nitrogens with zero attached hydrogens (tertiary/aromatic N) is 2. The number of piperidine rings is 1. The van der Waals surface area contributed by atoms with Crippen LogP contribution in [0.15, 0.2) is 36.4 Å². The number of carbonyl (C=O) groups excluding carboxylic acids is 2. The van der Waals surface area contributed by atoms with Crippen molar-refractivity contribution < 1.29 is 9.59 Å². The van der Waals surface area contributed by atoms with Gasteiger partial charge in [0.15, 0.2) is 0 Å².